The van der Waals surface area contributed by atoms with Crippen LogP contribution in [-0.4, -0.2) is 45.4 Å². The summed E-state index contributed by atoms with van der Waals surface area (Å²) in [5.74, 6) is 2.12. The minimum Gasteiger partial charge on any atom is -0.497 e. The van der Waals surface area contributed by atoms with E-state index in [1.165, 1.54) is 11.8 Å². The van der Waals surface area contributed by atoms with Crippen LogP contribution in [0.15, 0.2) is 59.8 Å². The minimum absolute atomic E-state index is 0.168. The van der Waals surface area contributed by atoms with Gasteiger partial charge >= 0.3 is 0 Å². The second-order valence-corrected chi connectivity index (χ2v) is 8.00. The smallest absolute Gasteiger partial charge is 0.191 e. The molecular formula is C22H25N3O3S. The molecule has 29 heavy (non-hydrogen) atoms. The van der Waals surface area contributed by atoms with Crippen molar-refractivity contribution >= 4 is 11.8 Å². The first-order valence-electron chi connectivity index (χ1n) is 9.79. The van der Waals surface area contributed by atoms with E-state index in [-0.39, 0.29) is 6.10 Å². The number of rotatable bonds is 8. The van der Waals surface area contributed by atoms with Crippen molar-refractivity contribution in [3.05, 3.63) is 60.2 Å². The average Bonchev–Trinajstić information content (AvgIpc) is 3.43. The molecule has 0 radical (unpaired) electrons. The topological polar surface area (TPSA) is 69.4 Å². The van der Waals surface area contributed by atoms with E-state index in [1.54, 1.807) is 7.11 Å². The molecule has 1 N–H and O–H groups in total. The maximum atomic E-state index is 10.5. The van der Waals surface area contributed by atoms with Gasteiger partial charge in [0.05, 0.1) is 25.9 Å². The van der Waals surface area contributed by atoms with Crippen LogP contribution in [0, 0.1) is 0 Å². The van der Waals surface area contributed by atoms with Gasteiger partial charge < -0.3 is 14.6 Å². The fourth-order valence-electron chi connectivity index (χ4n) is 3.43. The molecule has 1 aliphatic heterocycles. The highest BCUT2D eigenvalue weighted by Crippen LogP contribution is 2.29. The van der Waals surface area contributed by atoms with E-state index in [0.717, 1.165) is 47.3 Å². The summed E-state index contributed by atoms with van der Waals surface area (Å²) in [6.07, 6.45) is 1.73. The van der Waals surface area contributed by atoms with Gasteiger partial charge in [-0.25, -0.2) is 0 Å². The van der Waals surface area contributed by atoms with Gasteiger partial charge in [0.1, 0.15) is 5.75 Å². The van der Waals surface area contributed by atoms with Crippen molar-refractivity contribution in [2.45, 2.75) is 36.8 Å². The molecule has 0 aliphatic carbocycles. The minimum atomic E-state index is -0.557. The van der Waals surface area contributed by atoms with Crippen LogP contribution in [0.4, 0.5) is 0 Å². The van der Waals surface area contributed by atoms with Crippen LogP contribution in [0.3, 0.4) is 0 Å². The quantitative estimate of drug-likeness (QED) is 0.566. The van der Waals surface area contributed by atoms with Gasteiger partial charge in [-0.3, -0.25) is 4.57 Å². The second kappa shape index (κ2) is 9.43. The van der Waals surface area contributed by atoms with Gasteiger partial charge in [-0.15, -0.1) is 10.2 Å². The van der Waals surface area contributed by atoms with Crippen LogP contribution in [0.5, 0.6) is 5.75 Å². The van der Waals surface area contributed by atoms with Crippen molar-refractivity contribution in [3.63, 3.8) is 0 Å². The van der Waals surface area contributed by atoms with E-state index < -0.39 is 6.10 Å². The first-order valence-corrected chi connectivity index (χ1v) is 10.8. The molecule has 2 heterocycles. The number of aliphatic hydroxyl groups excluding tert-OH is 1. The van der Waals surface area contributed by atoms with Gasteiger partial charge in [0.15, 0.2) is 11.0 Å². The lowest BCUT2D eigenvalue weighted by Crippen LogP contribution is -2.17. The zero-order chi connectivity index (χ0) is 20.1. The summed E-state index contributed by atoms with van der Waals surface area (Å²) in [5, 5.41) is 20.2. The number of hydrogen-bond donors (Lipinski definition) is 1. The molecule has 2 aromatic carbocycles. The Morgan fingerprint density at radius 1 is 1.17 bits per heavy atom. The Morgan fingerprint density at radius 2 is 1.97 bits per heavy atom. The SMILES string of the molecule is COc1ccc(-c2nnc(SC[C@H](O)c3ccccc3)n2C[C@H]2CCCO2)cc1. The number of ether oxygens (including phenoxy) is 2. The number of hydrogen-bond acceptors (Lipinski definition) is 6. The fraction of sp³-hybridized carbons (Fsp3) is 0.364. The Bertz CT molecular complexity index is 909. The van der Waals surface area contributed by atoms with Gasteiger partial charge in [-0.05, 0) is 42.7 Å². The number of aliphatic hydroxyl groups is 1. The molecule has 2 atom stereocenters. The van der Waals surface area contributed by atoms with Crippen LogP contribution in [-0.2, 0) is 11.3 Å². The molecular weight excluding hydrogens is 386 g/mol. The van der Waals surface area contributed by atoms with E-state index in [4.69, 9.17) is 9.47 Å². The summed E-state index contributed by atoms with van der Waals surface area (Å²) in [4.78, 5) is 0. The van der Waals surface area contributed by atoms with Crippen molar-refractivity contribution in [2.24, 2.45) is 0 Å². The number of nitrogens with zero attached hydrogens (tertiary/aromatic N) is 3. The molecule has 7 heteroatoms. The lowest BCUT2D eigenvalue weighted by Gasteiger charge is -2.16. The Kier molecular flexibility index (Phi) is 6.49. The highest BCUT2D eigenvalue weighted by molar-refractivity contribution is 7.99. The second-order valence-electron chi connectivity index (χ2n) is 7.02. The molecule has 6 nitrogen and oxygen atoms in total. The predicted molar refractivity (Wildman–Crippen MR) is 113 cm³/mol. The highest BCUT2D eigenvalue weighted by Gasteiger charge is 2.22. The molecule has 3 aromatic rings. The standard InChI is InChI=1S/C22H25N3O3S/c1-27-18-11-9-17(10-12-18)21-23-24-22(25(21)14-19-8-5-13-28-19)29-15-20(26)16-6-3-2-4-7-16/h2-4,6-7,9-12,19-20,26H,5,8,13-15H2,1H3/t19-,20+/m1/s1. The summed E-state index contributed by atoms with van der Waals surface area (Å²) in [6, 6.07) is 17.5. The molecule has 1 fully saturated rings. The average molecular weight is 412 g/mol. The normalized spacial score (nSPS) is 17.4. The molecule has 0 saturated carbocycles. The van der Waals surface area contributed by atoms with Gasteiger partial charge in [-0.1, -0.05) is 42.1 Å². The molecule has 0 unspecified atom stereocenters. The van der Waals surface area contributed by atoms with Crippen molar-refractivity contribution in [3.8, 4) is 17.1 Å². The van der Waals surface area contributed by atoms with Crippen molar-refractivity contribution < 1.29 is 14.6 Å². The molecule has 1 aromatic heterocycles. The van der Waals surface area contributed by atoms with E-state index in [9.17, 15) is 5.11 Å². The van der Waals surface area contributed by atoms with Crippen molar-refractivity contribution in [1.82, 2.24) is 14.8 Å². The van der Waals surface area contributed by atoms with Gasteiger partial charge in [0.25, 0.3) is 0 Å². The van der Waals surface area contributed by atoms with Gasteiger partial charge in [0, 0.05) is 17.9 Å². The van der Waals surface area contributed by atoms with E-state index in [2.05, 4.69) is 14.8 Å². The fourth-order valence-corrected chi connectivity index (χ4v) is 4.35. The van der Waals surface area contributed by atoms with Crippen LogP contribution in [0.2, 0.25) is 0 Å². The monoisotopic (exact) mass is 411 g/mol. The number of methoxy groups -OCH3 is 1. The van der Waals surface area contributed by atoms with Crippen LogP contribution < -0.4 is 4.74 Å². The number of aromatic nitrogens is 3. The molecule has 1 aliphatic rings. The van der Waals surface area contributed by atoms with Gasteiger partial charge in [-0.2, -0.15) is 0 Å². The Labute approximate surface area is 174 Å². The largest absolute Gasteiger partial charge is 0.497 e. The maximum Gasteiger partial charge on any atom is 0.191 e. The van der Waals surface area contributed by atoms with Gasteiger partial charge in [0.2, 0.25) is 0 Å². The van der Waals surface area contributed by atoms with E-state index in [1.807, 2.05) is 54.6 Å². The number of benzene rings is 2. The van der Waals surface area contributed by atoms with E-state index >= 15 is 0 Å². The first kappa shape index (κ1) is 19.9. The third-order valence-electron chi connectivity index (χ3n) is 5.03. The van der Waals surface area contributed by atoms with Crippen LogP contribution in [0.25, 0.3) is 11.4 Å². The molecule has 0 bridgehead atoms. The Hall–Kier alpha value is -2.35. The predicted octanol–water partition coefficient (Wildman–Crippen LogP) is 3.96. The summed E-state index contributed by atoms with van der Waals surface area (Å²) < 4.78 is 13.2. The molecule has 0 spiro atoms. The lowest BCUT2D eigenvalue weighted by molar-refractivity contribution is 0.0953. The number of thioether (sulfide) groups is 1. The molecule has 4 rings (SSSR count). The van der Waals surface area contributed by atoms with Crippen LogP contribution in [0.1, 0.15) is 24.5 Å². The van der Waals surface area contributed by atoms with Crippen LogP contribution >= 0.6 is 11.8 Å². The van der Waals surface area contributed by atoms with Crippen molar-refractivity contribution in [1.29, 1.82) is 0 Å². The Morgan fingerprint density at radius 3 is 2.66 bits per heavy atom. The zero-order valence-corrected chi connectivity index (χ0v) is 17.2. The van der Waals surface area contributed by atoms with E-state index in [0.29, 0.717) is 12.3 Å². The zero-order valence-electron chi connectivity index (χ0n) is 16.4. The molecule has 1 saturated heterocycles. The third-order valence-corrected chi connectivity index (χ3v) is 6.07. The molecule has 152 valence electrons. The molecule has 0 amide bonds. The highest BCUT2D eigenvalue weighted by atomic mass is 32.2. The maximum absolute atomic E-state index is 10.5. The summed E-state index contributed by atoms with van der Waals surface area (Å²) >= 11 is 1.52. The lowest BCUT2D eigenvalue weighted by atomic mass is 10.1. The third kappa shape index (κ3) is 4.80. The summed E-state index contributed by atoms with van der Waals surface area (Å²) in [5.41, 5.74) is 1.88. The summed E-state index contributed by atoms with van der Waals surface area (Å²) in [6.45, 7) is 1.51. The Balaban J connectivity index is 1.56. The summed E-state index contributed by atoms with van der Waals surface area (Å²) in [7, 11) is 1.65. The first-order chi connectivity index (χ1) is 14.2. The van der Waals surface area contributed by atoms with Crippen molar-refractivity contribution in [2.75, 3.05) is 19.5 Å².